The predicted octanol–water partition coefficient (Wildman–Crippen LogP) is 1.08. The van der Waals surface area contributed by atoms with E-state index < -0.39 is 0 Å². The highest BCUT2D eigenvalue weighted by molar-refractivity contribution is 5.95. The first kappa shape index (κ1) is 13.9. The summed E-state index contributed by atoms with van der Waals surface area (Å²) >= 11 is 0. The van der Waals surface area contributed by atoms with Crippen LogP contribution in [-0.2, 0) is 6.42 Å². The summed E-state index contributed by atoms with van der Waals surface area (Å²) in [5.74, 6) is 0.569. The summed E-state index contributed by atoms with van der Waals surface area (Å²) in [6, 6.07) is 1.82. The third-order valence-corrected chi connectivity index (χ3v) is 3.58. The SMILES string of the molecule is CCc1nnc(C)cc1C(=O)NCC1CCNCC1. The summed E-state index contributed by atoms with van der Waals surface area (Å²) < 4.78 is 0. The molecule has 0 unspecified atom stereocenters. The summed E-state index contributed by atoms with van der Waals surface area (Å²) in [6.07, 6.45) is 2.99. The van der Waals surface area contributed by atoms with E-state index >= 15 is 0 Å². The summed E-state index contributed by atoms with van der Waals surface area (Å²) in [5, 5.41) is 14.5. The van der Waals surface area contributed by atoms with Gasteiger partial charge in [0.1, 0.15) is 0 Å². The molecule has 0 radical (unpaired) electrons. The van der Waals surface area contributed by atoms with Crippen LogP contribution in [0.15, 0.2) is 6.07 Å². The molecule has 5 nitrogen and oxygen atoms in total. The van der Waals surface area contributed by atoms with Crippen LogP contribution in [0.25, 0.3) is 0 Å². The Bertz CT molecular complexity index is 441. The normalized spacial score (nSPS) is 16.3. The van der Waals surface area contributed by atoms with E-state index in [1.165, 1.54) is 0 Å². The van der Waals surface area contributed by atoms with E-state index in [1.807, 2.05) is 19.9 Å². The first-order valence-electron chi connectivity index (χ1n) is 7.02. The zero-order valence-electron chi connectivity index (χ0n) is 11.7. The highest BCUT2D eigenvalue weighted by Crippen LogP contribution is 2.11. The monoisotopic (exact) mass is 262 g/mol. The molecule has 1 saturated heterocycles. The van der Waals surface area contributed by atoms with Crippen molar-refractivity contribution in [1.82, 2.24) is 20.8 Å². The number of hydrogen-bond donors (Lipinski definition) is 2. The van der Waals surface area contributed by atoms with Gasteiger partial charge in [0, 0.05) is 6.54 Å². The molecular weight excluding hydrogens is 240 g/mol. The number of carbonyl (C=O) groups is 1. The summed E-state index contributed by atoms with van der Waals surface area (Å²) in [7, 11) is 0. The Morgan fingerprint density at radius 2 is 2.16 bits per heavy atom. The maximum Gasteiger partial charge on any atom is 0.253 e. The molecule has 0 spiro atoms. The van der Waals surface area contributed by atoms with E-state index in [2.05, 4.69) is 20.8 Å². The molecule has 1 aliphatic rings. The average molecular weight is 262 g/mol. The summed E-state index contributed by atoms with van der Waals surface area (Å²) in [5.41, 5.74) is 2.22. The molecule has 2 heterocycles. The number of nitrogens with zero attached hydrogens (tertiary/aromatic N) is 2. The van der Waals surface area contributed by atoms with Crippen molar-refractivity contribution in [3.8, 4) is 0 Å². The minimum Gasteiger partial charge on any atom is -0.352 e. The van der Waals surface area contributed by atoms with Gasteiger partial charge in [0.2, 0.25) is 0 Å². The predicted molar refractivity (Wildman–Crippen MR) is 74.1 cm³/mol. The lowest BCUT2D eigenvalue weighted by molar-refractivity contribution is 0.0942. The highest BCUT2D eigenvalue weighted by Gasteiger charge is 2.16. The van der Waals surface area contributed by atoms with Crippen molar-refractivity contribution < 1.29 is 4.79 Å². The van der Waals surface area contributed by atoms with Crippen molar-refractivity contribution in [2.24, 2.45) is 5.92 Å². The number of aromatic nitrogens is 2. The van der Waals surface area contributed by atoms with Crippen molar-refractivity contribution >= 4 is 5.91 Å². The van der Waals surface area contributed by atoms with Crippen molar-refractivity contribution in [1.29, 1.82) is 0 Å². The van der Waals surface area contributed by atoms with E-state index in [4.69, 9.17) is 0 Å². The molecule has 1 aromatic heterocycles. The van der Waals surface area contributed by atoms with Crippen LogP contribution in [0.2, 0.25) is 0 Å². The van der Waals surface area contributed by atoms with Gasteiger partial charge in [0.05, 0.1) is 17.0 Å². The molecule has 19 heavy (non-hydrogen) atoms. The van der Waals surface area contributed by atoms with Crippen molar-refractivity contribution in [3.05, 3.63) is 23.0 Å². The van der Waals surface area contributed by atoms with E-state index in [9.17, 15) is 4.79 Å². The van der Waals surface area contributed by atoms with Crippen LogP contribution in [0.1, 0.15) is 41.5 Å². The minimum absolute atomic E-state index is 0.0200. The van der Waals surface area contributed by atoms with E-state index in [1.54, 1.807) is 0 Å². The van der Waals surface area contributed by atoms with Gasteiger partial charge in [-0.3, -0.25) is 4.79 Å². The molecule has 2 N–H and O–H groups in total. The van der Waals surface area contributed by atoms with Gasteiger partial charge < -0.3 is 10.6 Å². The fourth-order valence-electron chi connectivity index (χ4n) is 2.39. The maximum absolute atomic E-state index is 12.2. The Morgan fingerprint density at radius 3 is 2.84 bits per heavy atom. The Hall–Kier alpha value is -1.49. The molecule has 0 saturated carbocycles. The van der Waals surface area contributed by atoms with Gasteiger partial charge in [0.15, 0.2) is 0 Å². The van der Waals surface area contributed by atoms with Gasteiger partial charge >= 0.3 is 0 Å². The fraction of sp³-hybridized carbons (Fsp3) is 0.643. The zero-order valence-corrected chi connectivity index (χ0v) is 11.7. The van der Waals surface area contributed by atoms with E-state index in [0.717, 1.165) is 50.3 Å². The van der Waals surface area contributed by atoms with Crippen LogP contribution in [0.3, 0.4) is 0 Å². The van der Waals surface area contributed by atoms with Crippen LogP contribution in [0.4, 0.5) is 0 Å². The van der Waals surface area contributed by atoms with Gasteiger partial charge in [-0.25, -0.2) is 0 Å². The molecule has 1 aliphatic heterocycles. The second kappa shape index (κ2) is 6.61. The topological polar surface area (TPSA) is 66.9 Å². The lowest BCUT2D eigenvalue weighted by Crippen LogP contribution is -2.36. The Kier molecular flexibility index (Phi) is 4.85. The number of rotatable bonds is 4. The molecule has 0 aliphatic carbocycles. The van der Waals surface area contributed by atoms with Gasteiger partial charge in [-0.15, -0.1) is 0 Å². The molecule has 5 heteroatoms. The molecule has 0 aromatic carbocycles. The fourth-order valence-corrected chi connectivity index (χ4v) is 2.39. The number of amides is 1. The van der Waals surface area contributed by atoms with Crippen molar-refractivity contribution in [2.75, 3.05) is 19.6 Å². The van der Waals surface area contributed by atoms with Crippen LogP contribution in [-0.4, -0.2) is 35.7 Å². The standard InChI is InChI=1S/C14H22N4O/c1-3-13-12(8-10(2)17-18-13)14(19)16-9-11-4-6-15-7-5-11/h8,11,15H,3-7,9H2,1-2H3,(H,16,19). The smallest absolute Gasteiger partial charge is 0.253 e. The lowest BCUT2D eigenvalue weighted by atomic mass is 9.98. The van der Waals surface area contributed by atoms with E-state index in [-0.39, 0.29) is 5.91 Å². The van der Waals surface area contributed by atoms with Crippen LogP contribution >= 0.6 is 0 Å². The van der Waals surface area contributed by atoms with Crippen LogP contribution in [0.5, 0.6) is 0 Å². The molecular formula is C14H22N4O. The van der Waals surface area contributed by atoms with Crippen molar-refractivity contribution in [3.63, 3.8) is 0 Å². The molecule has 104 valence electrons. The second-order valence-electron chi connectivity index (χ2n) is 5.10. The molecule has 1 aromatic rings. The largest absolute Gasteiger partial charge is 0.352 e. The highest BCUT2D eigenvalue weighted by atomic mass is 16.1. The Balaban J connectivity index is 1.97. The molecule has 1 amide bonds. The third-order valence-electron chi connectivity index (χ3n) is 3.58. The maximum atomic E-state index is 12.2. The van der Waals surface area contributed by atoms with Gasteiger partial charge in [-0.2, -0.15) is 10.2 Å². The molecule has 0 bridgehead atoms. The minimum atomic E-state index is -0.0200. The molecule has 2 rings (SSSR count). The number of nitrogens with one attached hydrogen (secondary N) is 2. The summed E-state index contributed by atoms with van der Waals surface area (Å²) in [6.45, 7) is 6.71. The van der Waals surface area contributed by atoms with Crippen molar-refractivity contribution in [2.45, 2.75) is 33.1 Å². The Morgan fingerprint density at radius 1 is 1.42 bits per heavy atom. The summed E-state index contributed by atoms with van der Waals surface area (Å²) in [4.78, 5) is 12.2. The average Bonchev–Trinajstić information content (AvgIpc) is 2.46. The zero-order chi connectivity index (χ0) is 13.7. The van der Waals surface area contributed by atoms with Crippen LogP contribution in [0, 0.1) is 12.8 Å². The van der Waals surface area contributed by atoms with E-state index in [0.29, 0.717) is 11.5 Å². The first-order valence-corrected chi connectivity index (χ1v) is 7.02. The van der Waals surface area contributed by atoms with Gasteiger partial charge in [0.25, 0.3) is 5.91 Å². The number of hydrogen-bond acceptors (Lipinski definition) is 4. The number of aryl methyl sites for hydroxylation is 2. The lowest BCUT2D eigenvalue weighted by Gasteiger charge is -2.22. The quantitative estimate of drug-likeness (QED) is 0.852. The number of carbonyl (C=O) groups excluding carboxylic acids is 1. The molecule has 1 fully saturated rings. The van der Waals surface area contributed by atoms with Gasteiger partial charge in [-0.1, -0.05) is 6.92 Å². The number of piperidine rings is 1. The van der Waals surface area contributed by atoms with Gasteiger partial charge in [-0.05, 0) is 51.3 Å². The third kappa shape index (κ3) is 3.73. The van der Waals surface area contributed by atoms with Crippen LogP contribution < -0.4 is 10.6 Å². The second-order valence-corrected chi connectivity index (χ2v) is 5.10. The molecule has 0 atom stereocenters. The first-order chi connectivity index (χ1) is 9.20. The Labute approximate surface area is 114 Å².